The van der Waals surface area contributed by atoms with Gasteiger partial charge in [0.05, 0.1) is 5.56 Å². The molecule has 2 aromatic rings. The summed E-state index contributed by atoms with van der Waals surface area (Å²) in [6.45, 7) is 1.96. The van der Waals surface area contributed by atoms with Gasteiger partial charge in [0.1, 0.15) is 12.2 Å². The van der Waals surface area contributed by atoms with Crippen molar-refractivity contribution in [2.75, 3.05) is 5.32 Å². The zero-order chi connectivity index (χ0) is 13.8. The standard InChI is InChI=1S/C11H14N6O2/c1-7(3-9-16-14-6-17(9)2)15-11-12-4-8(5-13-11)10(18)19/h4-7H,3H2,1-2H3,(H,18,19)(H,12,13,15). The summed E-state index contributed by atoms with van der Waals surface area (Å²) in [6.07, 6.45) is 4.85. The Kier molecular flexibility index (Phi) is 3.69. The van der Waals surface area contributed by atoms with Crippen LogP contribution in [0.3, 0.4) is 0 Å². The number of carboxylic acid groups (broad SMARTS) is 1. The van der Waals surface area contributed by atoms with Gasteiger partial charge in [0.2, 0.25) is 5.95 Å². The van der Waals surface area contributed by atoms with E-state index >= 15 is 0 Å². The molecule has 1 unspecified atom stereocenters. The second-order valence-corrected chi connectivity index (χ2v) is 4.21. The molecule has 8 heteroatoms. The minimum atomic E-state index is -1.04. The smallest absolute Gasteiger partial charge is 0.338 e. The van der Waals surface area contributed by atoms with Crippen molar-refractivity contribution in [1.29, 1.82) is 0 Å². The largest absolute Gasteiger partial charge is 0.478 e. The number of carboxylic acids is 1. The Labute approximate surface area is 109 Å². The molecule has 0 aliphatic heterocycles. The highest BCUT2D eigenvalue weighted by Crippen LogP contribution is 2.05. The summed E-state index contributed by atoms with van der Waals surface area (Å²) in [6, 6.07) is 0.0542. The number of carbonyl (C=O) groups is 1. The van der Waals surface area contributed by atoms with Gasteiger partial charge in [-0.25, -0.2) is 14.8 Å². The van der Waals surface area contributed by atoms with Crippen LogP contribution in [-0.4, -0.2) is 41.9 Å². The number of aromatic carboxylic acids is 1. The summed E-state index contributed by atoms with van der Waals surface area (Å²) in [4.78, 5) is 18.6. The van der Waals surface area contributed by atoms with Gasteiger partial charge in [0.15, 0.2) is 0 Å². The van der Waals surface area contributed by atoms with Gasteiger partial charge in [0, 0.05) is 31.9 Å². The van der Waals surface area contributed by atoms with E-state index in [-0.39, 0.29) is 11.6 Å². The van der Waals surface area contributed by atoms with Crippen LogP contribution >= 0.6 is 0 Å². The van der Waals surface area contributed by atoms with Gasteiger partial charge in [-0.2, -0.15) is 0 Å². The van der Waals surface area contributed by atoms with Crippen LogP contribution < -0.4 is 5.32 Å². The average molecular weight is 262 g/mol. The van der Waals surface area contributed by atoms with E-state index in [0.29, 0.717) is 12.4 Å². The highest BCUT2D eigenvalue weighted by molar-refractivity contribution is 5.86. The Hall–Kier alpha value is -2.51. The molecule has 0 radical (unpaired) electrons. The number of hydrogen-bond donors (Lipinski definition) is 2. The predicted molar refractivity (Wildman–Crippen MR) is 66.8 cm³/mol. The first-order valence-electron chi connectivity index (χ1n) is 5.71. The van der Waals surface area contributed by atoms with Crippen molar-refractivity contribution in [3.63, 3.8) is 0 Å². The van der Waals surface area contributed by atoms with E-state index in [1.807, 2.05) is 18.5 Å². The lowest BCUT2D eigenvalue weighted by atomic mass is 10.2. The van der Waals surface area contributed by atoms with Gasteiger partial charge in [-0.1, -0.05) is 0 Å². The van der Waals surface area contributed by atoms with E-state index < -0.39 is 5.97 Å². The fourth-order valence-electron chi connectivity index (χ4n) is 1.55. The first-order chi connectivity index (χ1) is 9.06. The van der Waals surface area contributed by atoms with Crippen LogP contribution in [0.25, 0.3) is 0 Å². The lowest BCUT2D eigenvalue weighted by Crippen LogP contribution is -2.21. The van der Waals surface area contributed by atoms with Crippen molar-refractivity contribution < 1.29 is 9.90 Å². The van der Waals surface area contributed by atoms with Crippen molar-refractivity contribution in [2.24, 2.45) is 7.05 Å². The van der Waals surface area contributed by atoms with Crippen LogP contribution in [0.15, 0.2) is 18.7 Å². The molecule has 0 aliphatic rings. The zero-order valence-electron chi connectivity index (χ0n) is 10.6. The Morgan fingerprint density at radius 2 is 2.16 bits per heavy atom. The van der Waals surface area contributed by atoms with Crippen LogP contribution in [0, 0.1) is 0 Å². The molecule has 2 aromatic heterocycles. The molecule has 2 heterocycles. The molecule has 0 aromatic carbocycles. The van der Waals surface area contributed by atoms with Gasteiger partial charge in [-0.05, 0) is 6.92 Å². The van der Waals surface area contributed by atoms with Crippen LogP contribution in [0.5, 0.6) is 0 Å². The predicted octanol–water partition coefficient (Wildman–Crippen LogP) is 0.346. The van der Waals surface area contributed by atoms with Crippen molar-refractivity contribution in [1.82, 2.24) is 24.7 Å². The monoisotopic (exact) mass is 262 g/mol. The first kappa shape index (κ1) is 12.9. The third-order valence-corrected chi connectivity index (χ3v) is 2.57. The van der Waals surface area contributed by atoms with E-state index in [2.05, 4.69) is 25.5 Å². The number of hydrogen-bond acceptors (Lipinski definition) is 6. The molecule has 0 saturated carbocycles. The number of nitrogens with one attached hydrogen (secondary N) is 1. The number of nitrogens with zero attached hydrogens (tertiary/aromatic N) is 5. The van der Waals surface area contributed by atoms with Gasteiger partial charge >= 0.3 is 5.97 Å². The number of aryl methyl sites for hydroxylation is 1. The molecule has 0 saturated heterocycles. The Bertz CT molecular complexity index is 565. The molecule has 0 spiro atoms. The SMILES string of the molecule is CC(Cc1nncn1C)Nc1ncc(C(=O)O)cn1. The zero-order valence-corrected chi connectivity index (χ0v) is 10.6. The molecular weight excluding hydrogens is 248 g/mol. The average Bonchev–Trinajstić information content (AvgIpc) is 2.75. The second-order valence-electron chi connectivity index (χ2n) is 4.21. The molecule has 1 atom stereocenters. The van der Waals surface area contributed by atoms with E-state index in [4.69, 9.17) is 5.11 Å². The first-order valence-corrected chi connectivity index (χ1v) is 5.71. The maximum absolute atomic E-state index is 10.7. The number of rotatable bonds is 5. The van der Waals surface area contributed by atoms with Crippen LogP contribution in [0.4, 0.5) is 5.95 Å². The third-order valence-electron chi connectivity index (χ3n) is 2.57. The topological polar surface area (TPSA) is 106 Å². The molecule has 0 aliphatic carbocycles. The maximum Gasteiger partial charge on any atom is 0.338 e. The summed E-state index contributed by atoms with van der Waals surface area (Å²) >= 11 is 0. The van der Waals surface area contributed by atoms with Crippen molar-refractivity contribution >= 4 is 11.9 Å². The minimum Gasteiger partial charge on any atom is -0.478 e. The Morgan fingerprint density at radius 3 is 2.68 bits per heavy atom. The third kappa shape index (κ3) is 3.24. The molecule has 19 heavy (non-hydrogen) atoms. The second kappa shape index (κ2) is 5.42. The molecule has 2 rings (SSSR count). The Morgan fingerprint density at radius 1 is 1.47 bits per heavy atom. The van der Waals surface area contributed by atoms with Crippen molar-refractivity contribution in [3.8, 4) is 0 Å². The summed E-state index contributed by atoms with van der Waals surface area (Å²) in [5.74, 6) is 0.195. The lowest BCUT2D eigenvalue weighted by molar-refractivity contribution is 0.0696. The summed E-state index contributed by atoms with van der Waals surface area (Å²) < 4.78 is 1.84. The molecule has 0 amide bonds. The quantitative estimate of drug-likeness (QED) is 0.800. The lowest BCUT2D eigenvalue weighted by Gasteiger charge is -2.12. The summed E-state index contributed by atoms with van der Waals surface area (Å²) in [5, 5.41) is 19.6. The highest BCUT2D eigenvalue weighted by atomic mass is 16.4. The van der Waals surface area contributed by atoms with E-state index in [1.165, 1.54) is 12.4 Å². The van der Waals surface area contributed by atoms with Crippen molar-refractivity contribution in [3.05, 3.63) is 30.1 Å². The van der Waals surface area contributed by atoms with Crippen LogP contribution in [0.1, 0.15) is 23.1 Å². The van der Waals surface area contributed by atoms with Gasteiger partial charge in [0.25, 0.3) is 0 Å². The molecule has 100 valence electrons. The Balaban J connectivity index is 1.97. The van der Waals surface area contributed by atoms with Gasteiger partial charge < -0.3 is 15.0 Å². The molecule has 8 nitrogen and oxygen atoms in total. The van der Waals surface area contributed by atoms with Crippen LogP contribution in [0.2, 0.25) is 0 Å². The van der Waals surface area contributed by atoms with E-state index in [9.17, 15) is 4.79 Å². The minimum absolute atomic E-state index is 0.0542. The molecule has 2 N–H and O–H groups in total. The van der Waals surface area contributed by atoms with E-state index in [0.717, 1.165) is 5.82 Å². The molecule has 0 bridgehead atoms. The maximum atomic E-state index is 10.7. The van der Waals surface area contributed by atoms with Crippen LogP contribution in [-0.2, 0) is 13.5 Å². The van der Waals surface area contributed by atoms with E-state index in [1.54, 1.807) is 6.33 Å². The number of anilines is 1. The number of aromatic nitrogens is 5. The fourth-order valence-corrected chi connectivity index (χ4v) is 1.55. The summed E-state index contributed by atoms with van der Waals surface area (Å²) in [7, 11) is 1.88. The normalized spacial score (nSPS) is 12.1. The highest BCUT2D eigenvalue weighted by Gasteiger charge is 2.10. The summed E-state index contributed by atoms with van der Waals surface area (Å²) in [5.41, 5.74) is 0.0616. The molecular formula is C11H14N6O2. The fraction of sp³-hybridized carbons (Fsp3) is 0.364. The van der Waals surface area contributed by atoms with Gasteiger partial charge in [-0.3, -0.25) is 0 Å². The van der Waals surface area contributed by atoms with Crippen molar-refractivity contribution in [2.45, 2.75) is 19.4 Å². The van der Waals surface area contributed by atoms with Gasteiger partial charge in [-0.15, -0.1) is 10.2 Å². The molecule has 0 fully saturated rings.